The third-order valence-corrected chi connectivity index (χ3v) is 3.64. The minimum atomic E-state index is -4.66. The number of aromatic amines is 1. The average Bonchev–Trinajstić information content (AvgIpc) is 3.01. The van der Waals surface area contributed by atoms with Crippen molar-refractivity contribution in [2.45, 2.75) is 6.18 Å². The Kier molecular flexibility index (Phi) is 4.62. The number of aromatic nitrogens is 3. The van der Waals surface area contributed by atoms with Crippen LogP contribution in [0.4, 0.5) is 19.1 Å². The molecule has 0 aliphatic heterocycles. The number of fused-ring (bicyclic) bond motifs is 1. The van der Waals surface area contributed by atoms with E-state index in [2.05, 4.69) is 31.3 Å². The Morgan fingerprint density at radius 3 is 2.64 bits per heavy atom. The second kappa shape index (κ2) is 6.71. The molecule has 130 valence electrons. The van der Waals surface area contributed by atoms with Crippen LogP contribution in [0.3, 0.4) is 0 Å². The molecular weight excluding hydrogens is 405 g/mol. The molecule has 0 fully saturated rings. The Balaban J connectivity index is 1.60. The number of nitrogens with one attached hydrogen (secondary N) is 2. The molecule has 10 heteroatoms. The summed E-state index contributed by atoms with van der Waals surface area (Å²) in [6.07, 6.45) is -4.66. The van der Waals surface area contributed by atoms with Gasteiger partial charge in [-0.05, 0) is 35.0 Å². The molecule has 2 N–H and O–H groups in total. The van der Waals surface area contributed by atoms with Gasteiger partial charge >= 0.3 is 6.18 Å². The highest BCUT2D eigenvalue weighted by molar-refractivity contribution is 9.10. The first-order chi connectivity index (χ1) is 11.8. The number of alkyl halides is 3. The maximum absolute atomic E-state index is 12.4. The lowest BCUT2D eigenvalue weighted by atomic mass is 10.1. The molecule has 0 aliphatic rings. The van der Waals surface area contributed by atoms with Gasteiger partial charge in [0.25, 0.3) is 5.91 Å². The lowest BCUT2D eigenvalue weighted by Gasteiger charge is -2.07. The summed E-state index contributed by atoms with van der Waals surface area (Å²) in [6, 6.07) is 11.0. The molecule has 0 aliphatic carbocycles. The van der Waals surface area contributed by atoms with Crippen LogP contribution in [0.2, 0.25) is 0 Å². The van der Waals surface area contributed by atoms with Crippen molar-refractivity contribution in [3.63, 3.8) is 0 Å². The molecule has 2 aromatic carbocycles. The number of ether oxygens (including phenoxy) is 1. The predicted molar refractivity (Wildman–Crippen MR) is 87.2 cm³/mol. The van der Waals surface area contributed by atoms with Crippen LogP contribution in [-0.4, -0.2) is 27.7 Å². The number of carbonyl (C=O) groups excluding carboxylic acids is 1. The molecule has 3 aromatic rings. The topological polar surface area (TPSA) is 79.9 Å². The second-order valence-electron chi connectivity index (χ2n) is 5.00. The molecule has 0 bridgehead atoms. The summed E-state index contributed by atoms with van der Waals surface area (Å²) in [4.78, 5) is 14.9. The average molecular weight is 415 g/mol. The van der Waals surface area contributed by atoms with Crippen molar-refractivity contribution < 1.29 is 22.7 Å². The van der Waals surface area contributed by atoms with Crippen LogP contribution in [0.25, 0.3) is 10.8 Å². The van der Waals surface area contributed by atoms with Crippen molar-refractivity contribution in [3.05, 3.63) is 46.7 Å². The van der Waals surface area contributed by atoms with Crippen molar-refractivity contribution in [1.82, 2.24) is 15.2 Å². The quantitative estimate of drug-likeness (QED) is 0.680. The van der Waals surface area contributed by atoms with Crippen molar-refractivity contribution in [3.8, 4) is 5.75 Å². The van der Waals surface area contributed by atoms with Crippen LogP contribution >= 0.6 is 15.9 Å². The Morgan fingerprint density at radius 1 is 1.20 bits per heavy atom. The third kappa shape index (κ3) is 4.27. The molecule has 0 unspecified atom stereocenters. The highest BCUT2D eigenvalue weighted by atomic mass is 79.9. The van der Waals surface area contributed by atoms with Gasteiger partial charge in [0.1, 0.15) is 5.75 Å². The van der Waals surface area contributed by atoms with Crippen LogP contribution < -0.4 is 10.1 Å². The van der Waals surface area contributed by atoms with Crippen LogP contribution in [0, 0.1) is 0 Å². The monoisotopic (exact) mass is 414 g/mol. The highest BCUT2D eigenvalue weighted by Crippen LogP contribution is 2.26. The van der Waals surface area contributed by atoms with Gasteiger partial charge in [0.2, 0.25) is 11.8 Å². The van der Waals surface area contributed by atoms with Gasteiger partial charge in [-0.2, -0.15) is 18.2 Å². The SMILES string of the molecule is O=C(COc1ccc2cc(Br)ccc2c1)Nc1n[nH]c(C(F)(F)F)n1. The maximum Gasteiger partial charge on any atom is 0.451 e. The molecule has 6 nitrogen and oxygen atoms in total. The number of carbonyl (C=O) groups is 1. The minimum Gasteiger partial charge on any atom is -0.484 e. The standard InChI is InChI=1S/C15H10BrF3N4O2/c16-10-3-1-9-6-11(4-2-8(9)5-10)25-7-12(24)20-14-21-13(22-23-14)15(17,18)19/h1-6H,7H2,(H2,20,21,22,23,24). The Morgan fingerprint density at radius 2 is 1.92 bits per heavy atom. The van der Waals surface area contributed by atoms with Gasteiger partial charge in [0.05, 0.1) is 0 Å². The van der Waals surface area contributed by atoms with E-state index in [1.807, 2.05) is 24.3 Å². The number of rotatable bonds is 4. The largest absolute Gasteiger partial charge is 0.484 e. The van der Waals surface area contributed by atoms with Gasteiger partial charge in [-0.25, -0.2) is 0 Å². The number of hydrogen-bond acceptors (Lipinski definition) is 4. The Labute approximate surface area is 147 Å². The minimum absolute atomic E-state index is 0.391. The fraction of sp³-hybridized carbons (Fsp3) is 0.133. The van der Waals surface area contributed by atoms with E-state index in [9.17, 15) is 18.0 Å². The number of anilines is 1. The molecule has 0 atom stereocenters. The Bertz CT molecular complexity index is 927. The van der Waals surface area contributed by atoms with E-state index in [0.717, 1.165) is 15.2 Å². The molecular formula is C15H10BrF3N4O2. The van der Waals surface area contributed by atoms with Gasteiger partial charge in [-0.15, -0.1) is 5.10 Å². The van der Waals surface area contributed by atoms with Crippen molar-refractivity contribution in [1.29, 1.82) is 0 Å². The number of halogens is 4. The van der Waals surface area contributed by atoms with Gasteiger partial charge in [0.15, 0.2) is 6.61 Å². The summed E-state index contributed by atoms with van der Waals surface area (Å²) in [7, 11) is 0. The molecule has 0 saturated carbocycles. The van der Waals surface area contributed by atoms with E-state index < -0.39 is 30.5 Å². The van der Waals surface area contributed by atoms with Crippen LogP contribution in [-0.2, 0) is 11.0 Å². The zero-order valence-corrected chi connectivity index (χ0v) is 14.0. The van der Waals surface area contributed by atoms with Crippen molar-refractivity contribution >= 4 is 38.6 Å². The number of amides is 1. The first kappa shape index (κ1) is 17.2. The summed E-state index contributed by atoms with van der Waals surface area (Å²) < 4.78 is 43.4. The van der Waals surface area contributed by atoms with Crippen LogP contribution in [0.5, 0.6) is 5.75 Å². The summed E-state index contributed by atoms with van der Waals surface area (Å²) in [5.41, 5.74) is 0. The van der Waals surface area contributed by atoms with E-state index in [1.165, 1.54) is 0 Å². The third-order valence-electron chi connectivity index (χ3n) is 3.15. The molecule has 0 radical (unpaired) electrons. The number of benzene rings is 2. The molecule has 1 aromatic heterocycles. The fourth-order valence-electron chi connectivity index (χ4n) is 2.04. The lowest BCUT2D eigenvalue weighted by molar-refractivity contribution is -0.144. The smallest absolute Gasteiger partial charge is 0.451 e. The summed E-state index contributed by atoms with van der Waals surface area (Å²) in [5.74, 6) is -1.98. The maximum atomic E-state index is 12.4. The van der Waals surface area contributed by atoms with Crippen molar-refractivity contribution in [2.24, 2.45) is 0 Å². The molecule has 1 heterocycles. The van der Waals surface area contributed by atoms with E-state index >= 15 is 0 Å². The molecule has 3 rings (SSSR count). The first-order valence-electron chi connectivity index (χ1n) is 6.93. The van der Waals surface area contributed by atoms with E-state index in [4.69, 9.17) is 4.74 Å². The fourth-order valence-corrected chi connectivity index (χ4v) is 2.42. The van der Waals surface area contributed by atoms with Crippen molar-refractivity contribution in [2.75, 3.05) is 11.9 Å². The molecule has 1 amide bonds. The number of nitrogens with zero attached hydrogens (tertiary/aromatic N) is 2. The van der Waals surface area contributed by atoms with Gasteiger partial charge < -0.3 is 4.74 Å². The molecule has 0 saturated heterocycles. The van der Waals surface area contributed by atoms with E-state index in [1.54, 1.807) is 17.2 Å². The zero-order chi connectivity index (χ0) is 18.0. The van der Waals surface area contributed by atoms with Gasteiger partial charge in [-0.3, -0.25) is 15.2 Å². The molecule has 25 heavy (non-hydrogen) atoms. The van der Waals surface area contributed by atoms with Gasteiger partial charge in [-0.1, -0.05) is 28.1 Å². The predicted octanol–water partition coefficient (Wildman–Crippen LogP) is 3.76. The van der Waals surface area contributed by atoms with Crippen LogP contribution in [0.1, 0.15) is 5.82 Å². The van der Waals surface area contributed by atoms with Gasteiger partial charge in [0, 0.05) is 4.47 Å². The van der Waals surface area contributed by atoms with Crippen LogP contribution in [0.15, 0.2) is 40.9 Å². The second-order valence-corrected chi connectivity index (χ2v) is 5.91. The summed E-state index contributed by atoms with van der Waals surface area (Å²) >= 11 is 3.38. The van der Waals surface area contributed by atoms with E-state index in [-0.39, 0.29) is 0 Å². The normalized spacial score (nSPS) is 11.5. The zero-order valence-electron chi connectivity index (χ0n) is 12.4. The molecule has 0 spiro atoms. The first-order valence-corrected chi connectivity index (χ1v) is 7.72. The number of H-pyrrole nitrogens is 1. The number of hydrogen-bond donors (Lipinski definition) is 2. The Hall–Kier alpha value is -2.62. The lowest BCUT2D eigenvalue weighted by Crippen LogP contribution is -2.21. The summed E-state index contributed by atoms with van der Waals surface area (Å²) in [5, 5.41) is 9.02. The van der Waals surface area contributed by atoms with E-state index in [0.29, 0.717) is 5.75 Å². The summed E-state index contributed by atoms with van der Waals surface area (Å²) in [6.45, 7) is -0.391. The highest BCUT2D eigenvalue weighted by Gasteiger charge is 2.35.